The molecule has 0 aliphatic rings. The van der Waals surface area contributed by atoms with Crippen LogP contribution in [-0.4, -0.2) is 84.6 Å². The molecule has 0 atom stereocenters. The Bertz CT molecular complexity index is 1930. The van der Waals surface area contributed by atoms with E-state index in [4.69, 9.17) is 0 Å². The van der Waals surface area contributed by atoms with Gasteiger partial charge in [0.2, 0.25) is 0 Å². The molecular formula is C35H15N5O20V2-10. The average Bonchev–Trinajstić information content (AvgIpc) is 3.21. The van der Waals surface area contributed by atoms with Crippen molar-refractivity contribution in [2.24, 2.45) is 0 Å². The summed E-state index contributed by atoms with van der Waals surface area (Å²) in [4.78, 5) is 118. The number of rotatable bonds is 10. The molecule has 62 heavy (non-hydrogen) atoms. The Morgan fingerprint density at radius 2 is 0.306 bits per heavy atom. The Hall–Kier alpha value is -8.38. The summed E-state index contributed by atoms with van der Waals surface area (Å²) in [5, 5.41) is 102. The van der Waals surface area contributed by atoms with Crippen LogP contribution in [0.4, 0.5) is 0 Å². The van der Waals surface area contributed by atoms with E-state index in [1.165, 1.54) is 30.3 Å². The van der Waals surface area contributed by atoms with Crippen molar-refractivity contribution < 1.29 is 136 Å². The molecule has 0 unspecified atom stereocenters. The first-order valence-corrected chi connectivity index (χ1v) is 15.0. The van der Waals surface area contributed by atoms with Crippen molar-refractivity contribution in [1.29, 1.82) is 0 Å². The molecule has 0 spiro atoms. The first kappa shape index (κ1) is 55.7. The van der Waals surface area contributed by atoms with Gasteiger partial charge in [-0.2, -0.15) is 0 Å². The Morgan fingerprint density at radius 3 is 0.371 bits per heavy atom. The maximum atomic E-state index is 10.2. The number of carboxylic acids is 10. The van der Waals surface area contributed by atoms with E-state index in [1.54, 1.807) is 0 Å². The van der Waals surface area contributed by atoms with E-state index in [9.17, 15) is 99.0 Å². The normalized spacial score (nSPS) is 9.03. The fourth-order valence-corrected chi connectivity index (χ4v) is 3.31. The van der Waals surface area contributed by atoms with Gasteiger partial charge in [0, 0.05) is 37.1 Å². The van der Waals surface area contributed by atoms with Crippen LogP contribution in [0.2, 0.25) is 0 Å². The molecule has 0 fully saturated rings. The minimum absolute atomic E-state index is 0. The van der Waals surface area contributed by atoms with E-state index >= 15 is 0 Å². The number of aromatic nitrogens is 5. The van der Waals surface area contributed by atoms with Crippen molar-refractivity contribution in [3.63, 3.8) is 0 Å². The number of carbonyl (C=O) groups excluding carboxylic acids is 10. The fraction of sp³-hybridized carbons (Fsp3) is 0. The van der Waals surface area contributed by atoms with Crippen LogP contribution < -0.4 is 51.1 Å². The molecular weight excluding hydrogens is 912 g/mol. The molecule has 0 saturated carbocycles. The first-order valence-electron chi connectivity index (χ1n) is 15.0. The second-order valence-corrected chi connectivity index (χ2v) is 9.91. The van der Waals surface area contributed by atoms with Crippen LogP contribution in [0.25, 0.3) is 0 Å². The third-order valence-corrected chi connectivity index (χ3v) is 5.84. The topological polar surface area (TPSA) is 466 Å². The number of pyridine rings is 5. The van der Waals surface area contributed by atoms with E-state index in [-0.39, 0.29) is 37.1 Å². The maximum Gasteiger partial charge on any atom is 0.0900 e. The smallest absolute Gasteiger partial charge is 0.0900 e. The van der Waals surface area contributed by atoms with E-state index < -0.39 is 117 Å². The largest absolute Gasteiger partial charge is 0.543 e. The van der Waals surface area contributed by atoms with Gasteiger partial charge in [-0.05, 0) is 60.7 Å². The van der Waals surface area contributed by atoms with Crippen molar-refractivity contribution in [2.75, 3.05) is 0 Å². The van der Waals surface area contributed by atoms with Crippen LogP contribution in [-0.2, 0) is 37.1 Å². The van der Waals surface area contributed by atoms with Gasteiger partial charge in [0.1, 0.15) is 0 Å². The van der Waals surface area contributed by atoms with E-state index in [2.05, 4.69) is 24.9 Å². The zero-order valence-electron chi connectivity index (χ0n) is 30.0. The molecule has 27 heteroatoms. The maximum absolute atomic E-state index is 10.2. The predicted octanol–water partition coefficient (Wildman–Crippen LogP) is -11.0. The molecule has 5 aromatic rings. The van der Waals surface area contributed by atoms with Crippen LogP contribution in [0.5, 0.6) is 0 Å². The van der Waals surface area contributed by atoms with Crippen molar-refractivity contribution in [3.05, 3.63) is 148 Å². The van der Waals surface area contributed by atoms with Crippen molar-refractivity contribution >= 4 is 59.7 Å². The van der Waals surface area contributed by atoms with Gasteiger partial charge in [-0.3, -0.25) is 0 Å². The standard InChI is InChI=1S/5C7H5NO4.2V/c5*9-6(10)4-2-1-3-5(8-4)7(11)12;;/h5*1-3H,(H,9,10)(H,11,12);;/p-10. The van der Waals surface area contributed by atoms with Crippen LogP contribution in [0.15, 0.2) is 91.0 Å². The van der Waals surface area contributed by atoms with Gasteiger partial charge in [-0.15, -0.1) is 0 Å². The fourth-order valence-electron chi connectivity index (χ4n) is 3.31. The van der Waals surface area contributed by atoms with Crippen LogP contribution >= 0.6 is 0 Å². The predicted molar refractivity (Wildman–Crippen MR) is 164 cm³/mol. The zero-order chi connectivity index (χ0) is 45.7. The second kappa shape index (κ2) is 27.3. The van der Waals surface area contributed by atoms with E-state index in [1.807, 2.05) is 0 Å². The number of carboxylic acid groups (broad SMARTS) is 10. The summed E-state index contributed by atoms with van der Waals surface area (Å²) in [7, 11) is 0. The summed E-state index contributed by atoms with van der Waals surface area (Å²) in [6.07, 6.45) is 0. The molecule has 320 valence electrons. The monoisotopic (exact) mass is 927 g/mol. The minimum Gasteiger partial charge on any atom is -0.543 e. The average molecular weight is 927 g/mol. The zero-order valence-corrected chi connectivity index (χ0v) is 32.7. The molecule has 0 amide bonds. The molecule has 0 bridgehead atoms. The van der Waals surface area contributed by atoms with E-state index in [0.717, 1.165) is 60.7 Å². The van der Waals surface area contributed by atoms with Gasteiger partial charge in [0.05, 0.1) is 117 Å². The van der Waals surface area contributed by atoms with Crippen LogP contribution in [0.3, 0.4) is 0 Å². The Balaban J connectivity index is 0. The van der Waals surface area contributed by atoms with E-state index in [0.29, 0.717) is 0 Å². The second-order valence-electron chi connectivity index (χ2n) is 9.91. The molecule has 2 radical (unpaired) electrons. The van der Waals surface area contributed by atoms with Crippen molar-refractivity contribution in [2.45, 2.75) is 0 Å². The Labute approximate surface area is 367 Å². The summed E-state index contributed by atoms with van der Waals surface area (Å²) in [5.74, 6) is -15.2. The van der Waals surface area contributed by atoms with Gasteiger partial charge in [0.15, 0.2) is 0 Å². The van der Waals surface area contributed by atoms with Gasteiger partial charge < -0.3 is 99.0 Å². The molecule has 0 aromatic carbocycles. The van der Waals surface area contributed by atoms with Crippen molar-refractivity contribution in [1.82, 2.24) is 24.9 Å². The first-order chi connectivity index (χ1) is 28.0. The molecule has 5 rings (SSSR count). The summed E-state index contributed by atoms with van der Waals surface area (Å²) < 4.78 is 0. The summed E-state index contributed by atoms with van der Waals surface area (Å²) in [5.41, 5.74) is -4.20. The molecule has 5 heterocycles. The van der Waals surface area contributed by atoms with Crippen LogP contribution in [0.1, 0.15) is 105 Å². The Kier molecular flexibility index (Phi) is 24.6. The number of hydrogen-bond acceptors (Lipinski definition) is 25. The number of nitrogens with zero attached hydrogens (tertiary/aromatic N) is 5. The number of carbonyl (C=O) groups is 10. The SMILES string of the molecule is O=C([O-])c1cccc(C(=O)[O-])n1.O=C([O-])c1cccc(C(=O)[O-])n1.O=C([O-])c1cccc(C(=O)[O-])n1.O=C([O-])c1cccc(C(=O)[O-])n1.O=C([O-])c1cccc(C(=O)[O-])n1.[V].[V]. The molecule has 0 saturated heterocycles. The molecule has 0 aliphatic heterocycles. The van der Waals surface area contributed by atoms with Crippen molar-refractivity contribution in [3.8, 4) is 0 Å². The van der Waals surface area contributed by atoms with Gasteiger partial charge in [0.25, 0.3) is 0 Å². The third kappa shape index (κ3) is 19.9. The van der Waals surface area contributed by atoms with Gasteiger partial charge >= 0.3 is 0 Å². The molecule has 5 aromatic heterocycles. The van der Waals surface area contributed by atoms with Crippen LogP contribution in [0, 0.1) is 0 Å². The Morgan fingerprint density at radius 1 is 0.226 bits per heavy atom. The van der Waals surface area contributed by atoms with Gasteiger partial charge in [-0.1, -0.05) is 30.3 Å². The number of hydrogen-bond donors (Lipinski definition) is 0. The summed E-state index contributed by atoms with van der Waals surface area (Å²) in [6.45, 7) is 0. The minimum atomic E-state index is -1.52. The van der Waals surface area contributed by atoms with Gasteiger partial charge in [-0.25, -0.2) is 24.9 Å². The molecule has 25 nitrogen and oxygen atoms in total. The third-order valence-electron chi connectivity index (χ3n) is 5.84. The quantitative estimate of drug-likeness (QED) is 0.125. The molecule has 0 aliphatic carbocycles. The molecule has 0 N–H and O–H groups in total. The summed E-state index contributed by atoms with van der Waals surface area (Å²) in [6, 6.07) is 17.7. The number of aromatic carboxylic acids is 10. The summed E-state index contributed by atoms with van der Waals surface area (Å²) >= 11 is 0.